The van der Waals surface area contributed by atoms with Crippen molar-refractivity contribution in [3.05, 3.63) is 47.7 Å². The zero-order valence-corrected chi connectivity index (χ0v) is 18.5. The first kappa shape index (κ1) is 24.2. The number of hydrogen-bond acceptors (Lipinski definition) is 9. The Kier molecular flexibility index (Phi) is 6.64. The zero-order chi connectivity index (χ0) is 24.5. The Hall–Kier alpha value is -2.97. The molecule has 3 atom stereocenters. The first-order valence-electron chi connectivity index (χ1n) is 9.87. The van der Waals surface area contributed by atoms with Crippen LogP contribution in [0.3, 0.4) is 0 Å². The quantitative estimate of drug-likeness (QED) is 0.600. The molecular weight excluding hydrogens is 482 g/mol. The molecule has 0 spiro atoms. The van der Waals surface area contributed by atoms with Crippen LogP contribution in [-0.4, -0.2) is 53.0 Å². The van der Waals surface area contributed by atoms with Gasteiger partial charge in [-0.15, -0.1) is 0 Å². The Bertz CT molecular complexity index is 1100. The van der Waals surface area contributed by atoms with E-state index < -0.39 is 42.3 Å². The third kappa shape index (κ3) is 4.79. The number of thioether (sulfide) groups is 1. The van der Waals surface area contributed by atoms with E-state index in [2.05, 4.69) is 20.3 Å². The van der Waals surface area contributed by atoms with Gasteiger partial charge in [0.1, 0.15) is 11.4 Å². The molecule has 182 valence electrons. The summed E-state index contributed by atoms with van der Waals surface area (Å²) in [6.07, 6.45) is -5.17. The molecule has 0 aliphatic carbocycles. The second kappa shape index (κ2) is 9.35. The van der Waals surface area contributed by atoms with Crippen LogP contribution in [0.5, 0.6) is 5.88 Å². The van der Waals surface area contributed by atoms with Crippen LogP contribution in [0.2, 0.25) is 0 Å². The van der Waals surface area contributed by atoms with Gasteiger partial charge in [0.2, 0.25) is 5.88 Å². The van der Waals surface area contributed by atoms with Crippen molar-refractivity contribution in [2.24, 2.45) is 16.6 Å². The summed E-state index contributed by atoms with van der Waals surface area (Å²) in [5, 5.41) is 2.42. The highest BCUT2D eigenvalue weighted by Crippen LogP contribution is 2.52. The molecule has 34 heavy (non-hydrogen) atoms. The summed E-state index contributed by atoms with van der Waals surface area (Å²) in [6, 6.07) is 3.46. The minimum atomic E-state index is -4.66. The van der Waals surface area contributed by atoms with Crippen LogP contribution in [0.25, 0.3) is 0 Å². The Balaban J connectivity index is 1.58. The Morgan fingerprint density at radius 2 is 2.15 bits per heavy atom. The number of nitrogens with two attached hydrogens (primary N) is 1. The predicted octanol–water partition coefficient (Wildman–Crippen LogP) is 3.21. The molecular formula is C20H19F4N5O4S. The third-order valence-corrected chi connectivity index (χ3v) is 6.27. The highest BCUT2D eigenvalue weighted by Gasteiger charge is 2.62. The van der Waals surface area contributed by atoms with Gasteiger partial charge in [0, 0.05) is 30.0 Å². The van der Waals surface area contributed by atoms with E-state index in [1.165, 1.54) is 31.6 Å². The summed E-state index contributed by atoms with van der Waals surface area (Å²) >= 11 is 0.948. The second-order valence-electron chi connectivity index (χ2n) is 7.55. The third-order valence-electron chi connectivity index (χ3n) is 5.36. The molecule has 4 rings (SSSR count). The Labute approximate surface area is 195 Å². The van der Waals surface area contributed by atoms with Crippen molar-refractivity contribution in [3.8, 4) is 5.88 Å². The second-order valence-corrected chi connectivity index (χ2v) is 8.59. The highest BCUT2D eigenvalue weighted by atomic mass is 32.2. The highest BCUT2D eigenvalue weighted by molar-refractivity contribution is 8.13. The number of rotatable bonds is 5. The number of amidine groups is 1. The maximum absolute atomic E-state index is 14.9. The molecule has 3 N–H and O–H groups in total. The summed E-state index contributed by atoms with van der Waals surface area (Å²) < 4.78 is 70.5. The van der Waals surface area contributed by atoms with Gasteiger partial charge in [-0.25, -0.2) is 19.2 Å². The summed E-state index contributed by atoms with van der Waals surface area (Å²) in [5.74, 6) is -2.17. The lowest BCUT2D eigenvalue weighted by Crippen LogP contribution is -2.46. The number of aliphatic imine (C=N–C) groups is 1. The number of fused-ring (bicyclic) bond motifs is 1. The number of halogens is 4. The first-order chi connectivity index (χ1) is 16.1. The van der Waals surface area contributed by atoms with E-state index >= 15 is 0 Å². The number of aromatic nitrogens is 2. The lowest BCUT2D eigenvalue weighted by molar-refractivity contribution is -0.215. The number of methoxy groups -OCH3 is 1. The lowest BCUT2D eigenvalue weighted by atomic mass is 9.78. The molecule has 0 radical (unpaired) electrons. The van der Waals surface area contributed by atoms with Gasteiger partial charge in [0.25, 0.3) is 0 Å². The largest absolute Gasteiger partial charge is 0.418 e. The van der Waals surface area contributed by atoms with Crippen LogP contribution >= 0.6 is 11.8 Å². The molecule has 9 nitrogen and oxygen atoms in total. The van der Waals surface area contributed by atoms with Crippen molar-refractivity contribution in [1.82, 2.24) is 9.97 Å². The van der Waals surface area contributed by atoms with Gasteiger partial charge in [-0.1, -0.05) is 11.8 Å². The zero-order valence-electron chi connectivity index (χ0n) is 17.6. The fourth-order valence-electron chi connectivity index (χ4n) is 3.89. The molecule has 0 saturated carbocycles. The summed E-state index contributed by atoms with van der Waals surface area (Å²) in [7, 11) is 1.49. The molecule has 1 saturated heterocycles. The van der Waals surface area contributed by atoms with Crippen LogP contribution in [0.1, 0.15) is 11.3 Å². The maximum Gasteiger partial charge on any atom is 0.418 e. The minimum Gasteiger partial charge on any atom is -0.389 e. The standard InChI is InChI=1S/C20H19F4N5O4S/c1-31-7-11-5-27-15(6-26-11)33-18(30)28-10-2-3-14(21)12(4-10)19-9-32-16(20(22,23)24)13(19)8-34-17(25)29-19/h2-6,13,16H,7-9H2,1H3,(H2,25,29)(H,28,30)/t13-,16+,19-/m1/s1. The molecule has 1 aromatic heterocycles. The lowest BCUT2D eigenvalue weighted by Gasteiger charge is -2.36. The monoisotopic (exact) mass is 501 g/mol. The molecule has 2 aliphatic heterocycles. The van der Waals surface area contributed by atoms with Gasteiger partial charge in [-0.3, -0.25) is 10.3 Å². The molecule has 0 unspecified atom stereocenters. The Morgan fingerprint density at radius 3 is 2.82 bits per heavy atom. The van der Waals surface area contributed by atoms with Crippen molar-refractivity contribution in [1.29, 1.82) is 0 Å². The summed E-state index contributed by atoms with van der Waals surface area (Å²) in [6.45, 7) is -0.289. The summed E-state index contributed by atoms with van der Waals surface area (Å²) in [5.41, 5.74) is 4.52. The molecule has 14 heteroatoms. The Morgan fingerprint density at radius 1 is 1.35 bits per heavy atom. The van der Waals surface area contributed by atoms with E-state index in [0.29, 0.717) is 5.69 Å². The van der Waals surface area contributed by atoms with Gasteiger partial charge in [-0.05, 0) is 18.2 Å². The van der Waals surface area contributed by atoms with E-state index in [1.807, 2.05) is 0 Å². The average molecular weight is 501 g/mol. The average Bonchev–Trinajstić information content (AvgIpc) is 3.16. The van der Waals surface area contributed by atoms with E-state index in [4.69, 9.17) is 19.9 Å². The van der Waals surface area contributed by atoms with Crippen molar-refractivity contribution in [3.63, 3.8) is 0 Å². The van der Waals surface area contributed by atoms with E-state index in [-0.39, 0.29) is 34.7 Å². The van der Waals surface area contributed by atoms with Crippen LogP contribution in [0, 0.1) is 11.7 Å². The fraction of sp³-hybridized carbons (Fsp3) is 0.400. The van der Waals surface area contributed by atoms with Crippen molar-refractivity contribution in [2.75, 3.05) is 24.8 Å². The van der Waals surface area contributed by atoms with Crippen LogP contribution in [0.4, 0.5) is 28.0 Å². The maximum atomic E-state index is 14.9. The van der Waals surface area contributed by atoms with Gasteiger partial charge in [-0.2, -0.15) is 13.2 Å². The molecule has 3 heterocycles. The van der Waals surface area contributed by atoms with Crippen LogP contribution in [0.15, 0.2) is 35.6 Å². The number of hydrogen-bond donors (Lipinski definition) is 2. The molecule has 1 amide bonds. The van der Waals surface area contributed by atoms with Crippen LogP contribution < -0.4 is 15.8 Å². The van der Waals surface area contributed by atoms with Gasteiger partial charge in [0.05, 0.1) is 31.3 Å². The summed E-state index contributed by atoms with van der Waals surface area (Å²) in [4.78, 5) is 24.4. The molecule has 2 aromatic rings. The SMILES string of the molecule is COCc1cnc(OC(=O)Nc2ccc(F)c([C@]34CO[C@H](C(F)(F)F)[C@H]3CSC(N)=N4)c2)cn1. The smallest absolute Gasteiger partial charge is 0.389 e. The number of benzene rings is 1. The molecule has 2 aliphatic rings. The molecule has 1 aromatic carbocycles. The van der Waals surface area contributed by atoms with Gasteiger partial charge >= 0.3 is 12.3 Å². The number of amides is 1. The van der Waals surface area contributed by atoms with Gasteiger partial charge in [0.15, 0.2) is 11.3 Å². The number of carbonyl (C=O) groups excluding carboxylic acids is 1. The number of carbonyl (C=O) groups is 1. The van der Waals surface area contributed by atoms with Crippen molar-refractivity contribution >= 4 is 28.7 Å². The number of anilines is 1. The van der Waals surface area contributed by atoms with E-state index in [0.717, 1.165) is 17.8 Å². The van der Waals surface area contributed by atoms with Crippen molar-refractivity contribution in [2.45, 2.75) is 24.4 Å². The number of nitrogens with one attached hydrogen (secondary N) is 1. The first-order valence-corrected chi connectivity index (χ1v) is 10.9. The minimum absolute atomic E-state index is 0.0235. The van der Waals surface area contributed by atoms with Gasteiger partial charge < -0.3 is 19.9 Å². The van der Waals surface area contributed by atoms with E-state index in [9.17, 15) is 22.4 Å². The fourth-order valence-corrected chi connectivity index (χ4v) is 4.91. The number of alkyl halides is 3. The number of ether oxygens (including phenoxy) is 3. The molecule has 1 fully saturated rings. The van der Waals surface area contributed by atoms with Crippen molar-refractivity contribution < 1.29 is 36.6 Å². The topological polar surface area (TPSA) is 121 Å². The van der Waals surface area contributed by atoms with Crippen LogP contribution in [-0.2, 0) is 21.6 Å². The predicted molar refractivity (Wildman–Crippen MR) is 114 cm³/mol. The normalized spacial score (nSPS) is 24.3. The van der Waals surface area contributed by atoms with E-state index in [1.54, 1.807) is 0 Å². The molecule has 0 bridgehead atoms. The number of nitrogens with zero attached hydrogens (tertiary/aromatic N) is 3.